The molecule has 1 aliphatic heterocycles. The number of carbonyl (C=O) groups excluding carboxylic acids is 1. The molecule has 0 unspecified atom stereocenters. The minimum absolute atomic E-state index is 0.370. The van der Waals surface area contributed by atoms with Crippen molar-refractivity contribution in [3.05, 3.63) is 0 Å². The number of alkyl carbamates (subject to hydrolysis) is 1. The van der Waals surface area contributed by atoms with E-state index in [1.165, 1.54) is 12.8 Å². The second-order valence-corrected chi connectivity index (χ2v) is 8.21. The van der Waals surface area contributed by atoms with Crippen LogP contribution in [0.2, 0.25) is 0 Å². The molecule has 8 nitrogen and oxygen atoms in total. The molecule has 1 aliphatic rings. The van der Waals surface area contributed by atoms with Gasteiger partial charge in [0.05, 0.1) is 6.61 Å². The van der Waals surface area contributed by atoms with Gasteiger partial charge in [-0.15, -0.1) is 0 Å². The van der Waals surface area contributed by atoms with Crippen LogP contribution in [0.3, 0.4) is 0 Å². The van der Waals surface area contributed by atoms with Crippen LogP contribution in [-0.2, 0) is 9.47 Å². The number of ether oxygens (including phenoxy) is 2. The van der Waals surface area contributed by atoms with Crippen LogP contribution in [0.1, 0.15) is 47.0 Å². The molecular weight excluding hydrogens is 358 g/mol. The number of methoxy groups -OCH3 is 1. The Labute approximate surface area is 170 Å². The normalized spacial score (nSPS) is 16.7. The van der Waals surface area contributed by atoms with E-state index in [0.717, 1.165) is 58.3 Å². The van der Waals surface area contributed by atoms with Crippen LogP contribution >= 0.6 is 0 Å². The number of aliphatic imine (C=N–C) groups is 1. The van der Waals surface area contributed by atoms with Crippen molar-refractivity contribution in [1.29, 1.82) is 0 Å². The summed E-state index contributed by atoms with van der Waals surface area (Å²) >= 11 is 0. The van der Waals surface area contributed by atoms with E-state index >= 15 is 0 Å². The first-order valence-electron chi connectivity index (χ1n) is 10.5. The Bertz CT molecular complexity index is 457. The average molecular weight is 400 g/mol. The third-order valence-electron chi connectivity index (χ3n) is 4.48. The predicted octanol–water partition coefficient (Wildman–Crippen LogP) is 1.81. The maximum Gasteiger partial charge on any atom is 0.407 e. The Kier molecular flexibility index (Phi) is 11.9. The average Bonchev–Trinajstić information content (AvgIpc) is 2.63. The van der Waals surface area contributed by atoms with E-state index in [9.17, 15) is 4.79 Å². The highest BCUT2D eigenvalue weighted by Crippen LogP contribution is 2.17. The molecule has 0 aromatic heterocycles. The Hall–Kier alpha value is -1.54. The summed E-state index contributed by atoms with van der Waals surface area (Å²) in [6.07, 6.45) is 2.81. The number of amides is 1. The first-order valence-corrected chi connectivity index (χ1v) is 10.5. The van der Waals surface area contributed by atoms with Crippen LogP contribution in [0.5, 0.6) is 0 Å². The Morgan fingerprint density at radius 3 is 2.43 bits per heavy atom. The van der Waals surface area contributed by atoms with Crippen LogP contribution in [0, 0.1) is 5.92 Å². The van der Waals surface area contributed by atoms with E-state index in [4.69, 9.17) is 14.5 Å². The Morgan fingerprint density at radius 1 is 1.14 bits per heavy atom. The maximum absolute atomic E-state index is 11.6. The van der Waals surface area contributed by atoms with Gasteiger partial charge in [0.2, 0.25) is 0 Å². The molecule has 1 rings (SSSR count). The van der Waals surface area contributed by atoms with Crippen molar-refractivity contribution in [1.82, 2.24) is 20.9 Å². The van der Waals surface area contributed by atoms with Crippen LogP contribution in [-0.4, -0.2) is 82.1 Å². The molecular formula is C20H41N5O3. The van der Waals surface area contributed by atoms with Crippen LogP contribution < -0.4 is 16.0 Å². The molecule has 0 aromatic rings. The first kappa shape index (κ1) is 24.5. The summed E-state index contributed by atoms with van der Waals surface area (Å²) in [7, 11) is 1.75. The second kappa shape index (κ2) is 13.6. The number of nitrogens with one attached hydrogen (secondary N) is 3. The van der Waals surface area contributed by atoms with Gasteiger partial charge in [-0.2, -0.15) is 0 Å². The highest BCUT2D eigenvalue weighted by atomic mass is 16.6. The minimum atomic E-state index is -0.465. The van der Waals surface area contributed by atoms with Crippen LogP contribution in [0.25, 0.3) is 0 Å². The molecule has 1 heterocycles. The van der Waals surface area contributed by atoms with Gasteiger partial charge >= 0.3 is 6.09 Å². The highest BCUT2D eigenvalue weighted by Gasteiger charge is 2.18. The number of likely N-dealkylation sites (tertiary alicyclic amines) is 1. The summed E-state index contributed by atoms with van der Waals surface area (Å²) < 4.78 is 10.4. The molecule has 0 aromatic carbocycles. The van der Waals surface area contributed by atoms with Gasteiger partial charge in [-0.05, 0) is 66.0 Å². The molecule has 28 heavy (non-hydrogen) atoms. The van der Waals surface area contributed by atoms with E-state index in [-0.39, 0.29) is 6.09 Å². The van der Waals surface area contributed by atoms with Crippen molar-refractivity contribution in [2.75, 3.05) is 59.5 Å². The number of guanidine groups is 1. The summed E-state index contributed by atoms with van der Waals surface area (Å²) in [6, 6.07) is 0. The fraction of sp³-hybridized carbons (Fsp3) is 0.900. The second-order valence-electron chi connectivity index (χ2n) is 8.21. The summed E-state index contributed by atoms with van der Waals surface area (Å²) in [4.78, 5) is 18.8. The van der Waals surface area contributed by atoms with Gasteiger partial charge in [0.1, 0.15) is 5.60 Å². The van der Waals surface area contributed by atoms with Gasteiger partial charge in [-0.3, -0.25) is 4.99 Å². The lowest BCUT2D eigenvalue weighted by molar-refractivity contribution is 0.0527. The van der Waals surface area contributed by atoms with E-state index in [1.807, 2.05) is 20.8 Å². The molecule has 0 radical (unpaired) electrons. The quantitative estimate of drug-likeness (QED) is 0.295. The number of nitrogens with zero attached hydrogens (tertiary/aromatic N) is 2. The minimum Gasteiger partial charge on any atom is -0.444 e. The van der Waals surface area contributed by atoms with Crippen molar-refractivity contribution in [3.63, 3.8) is 0 Å². The zero-order chi connectivity index (χ0) is 20.8. The van der Waals surface area contributed by atoms with Crippen molar-refractivity contribution in [2.24, 2.45) is 10.9 Å². The highest BCUT2D eigenvalue weighted by molar-refractivity contribution is 5.79. The SMILES string of the molecule is CCNC(=NCC1CCN(CCOC)CC1)NCCCNC(=O)OC(C)(C)C. The summed E-state index contributed by atoms with van der Waals surface area (Å²) in [5.74, 6) is 1.49. The Balaban J connectivity index is 2.23. The fourth-order valence-corrected chi connectivity index (χ4v) is 2.97. The lowest BCUT2D eigenvalue weighted by Crippen LogP contribution is -2.40. The van der Waals surface area contributed by atoms with Crippen molar-refractivity contribution >= 4 is 12.1 Å². The van der Waals surface area contributed by atoms with Gasteiger partial charge in [0.25, 0.3) is 0 Å². The number of piperidine rings is 1. The third kappa shape index (κ3) is 12.0. The molecule has 164 valence electrons. The molecule has 1 amide bonds. The monoisotopic (exact) mass is 399 g/mol. The number of carbonyl (C=O) groups is 1. The standard InChI is InChI=1S/C20H41N5O3/c1-6-21-18(22-10-7-11-23-19(26)28-20(2,3)4)24-16-17-8-12-25(13-9-17)14-15-27-5/h17H,6-16H2,1-5H3,(H,23,26)(H2,21,22,24). The van der Waals surface area contributed by atoms with E-state index in [1.54, 1.807) is 7.11 Å². The largest absolute Gasteiger partial charge is 0.444 e. The lowest BCUT2D eigenvalue weighted by atomic mass is 9.97. The van der Waals surface area contributed by atoms with Crippen LogP contribution in [0.4, 0.5) is 4.79 Å². The molecule has 8 heteroatoms. The van der Waals surface area contributed by atoms with Gasteiger partial charge in [-0.1, -0.05) is 0 Å². The molecule has 0 atom stereocenters. The lowest BCUT2D eigenvalue weighted by Gasteiger charge is -2.31. The molecule has 0 spiro atoms. The van der Waals surface area contributed by atoms with Crippen molar-refractivity contribution < 1.29 is 14.3 Å². The number of hydrogen-bond acceptors (Lipinski definition) is 5. The summed E-state index contributed by atoms with van der Waals surface area (Å²) in [6.45, 7) is 14.7. The molecule has 0 aliphatic carbocycles. The summed E-state index contributed by atoms with van der Waals surface area (Å²) in [5.41, 5.74) is -0.465. The van der Waals surface area contributed by atoms with Gasteiger partial charge in [-0.25, -0.2) is 4.79 Å². The molecule has 1 saturated heterocycles. The Morgan fingerprint density at radius 2 is 1.82 bits per heavy atom. The molecule has 0 bridgehead atoms. The summed E-state index contributed by atoms with van der Waals surface area (Å²) in [5, 5.41) is 9.40. The predicted molar refractivity (Wildman–Crippen MR) is 114 cm³/mol. The van der Waals surface area contributed by atoms with Crippen molar-refractivity contribution in [2.45, 2.75) is 52.6 Å². The number of rotatable bonds is 10. The van der Waals surface area contributed by atoms with E-state index in [0.29, 0.717) is 12.5 Å². The smallest absolute Gasteiger partial charge is 0.407 e. The zero-order valence-corrected chi connectivity index (χ0v) is 18.5. The zero-order valence-electron chi connectivity index (χ0n) is 18.5. The maximum atomic E-state index is 11.6. The van der Waals surface area contributed by atoms with E-state index in [2.05, 4.69) is 27.8 Å². The topological polar surface area (TPSA) is 87.2 Å². The van der Waals surface area contributed by atoms with Gasteiger partial charge < -0.3 is 30.3 Å². The molecule has 3 N–H and O–H groups in total. The number of hydrogen-bond donors (Lipinski definition) is 3. The first-order chi connectivity index (χ1) is 13.3. The van der Waals surface area contributed by atoms with Crippen LogP contribution in [0.15, 0.2) is 4.99 Å². The fourth-order valence-electron chi connectivity index (χ4n) is 2.97. The third-order valence-corrected chi connectivity index (χ3v) is 4.48. The van der Waals surface area contributed by atoms with Crippen molar-refractivity contribution in [3.8, 4) is 0 Å². The van der Waals surface area contributed by atoms with Gasteiger partial charge in [0.15, 0.2) is 5.96 Å². The van der Waals surface area contributed by atoms with Gasteiger partial charge in [0, 0.05) is 39.8 Å². The molecule has 0 saturated carbocycles. The van der Waals surface area contributed by atoms with E-state index < -0.39 is 5.60 Å². The molecule has 1 fully saturated rings.